The van der Waals surface area contributed by atoms with Gasteiger partial charge in [-0.1, -0.05) is 47.5 Å². The van der Waals surface area contributed by atoms with Gasteiger partial charge in [-0.2, -0.15) is 0 Å². The van der Waals surface area contributed by atoms with Gasteiger partial charge in [0.2, 0.25) is 5.91 Å². The number of nitrogens with one attached hydrogen (secondary N) is 2. The number of methoxy groups -OCH3 is 1. The van der Waals surface area contributed by atoms with Gasteiger partial charge in [-0.3, -0.25) is 9.59 Å². The van der Waals surface area contributed by atoms with E-state index >= 15 is 0 Å². The second-order valence-corrected chi connectivity index (χ2v) is 9.46. The number of rotatable bonds is 8. The van der Waals surface area contributed by atoms with Crippen molar-refractivity contribution < 1.29 is 23.9 Å². The van der Waals surface area contributed by atoms with Gasteiger partial charge in [-0.15, -0.1) is 0 Å². The first kappa shape index (κ1) is 26.0. The minimum absolute atomic E-state index is 0.0513. The third kappa shape index (κ3) is 6.37. The Bertz CT molecular complexity index is 1370. The molecule has 3 aromatic carbocycles. The molecule has 37 heavy (non-hydrogen) atoms. The number of nitrogens with zero attached hydrogens (tertiary/aromatic N) is 1. The molecule has 0 saturated carbocycles. The molecule has 1 saturated heterocycles. The highest BCUT2D eigenvalue weighted by Gasteiger charge is 2.35. The molecule has 0 bridgehead atoms. The van der Waals surface area contributed by atoms with Crippen LogP contribution in [0.25, 0.3) is 6.08 Å². The molecule has 1 aliphatic heterocycles. The number of halogens is 1. The van der Waals surface area contributed by atoms with Crippen LogP contribution in [0.2, 0.25) is 0 Å². The smallest absolute Gasteiger partial charge is 0.329 e. The molecule has 1 heterocycles. The Morgan fingerprint density at radius 3 is 2.32 bits per heavy atom. The number of benzene rings is 3. The molecule has 0 atom stereocenters. The average molecular weight is 564 g/mol. The molecule has 0 aliphatic carbocycles. The minimum Gasteiger partial charge on any atom is -0.493 e. The molecular formula is C28H26BrN3O5. The predicted octanol–water partition coefficient (Wildman–Crippen LogP) is 5.18. The average Bonchev–Trinajstić information content (AvgIpc) is 3.12. The summed E-state index contributed by atoms with van der Waals surface area (Å²) in [4.78, 5) is 38.6. The fourth-order valence-corrected chi connectivity index (χ4v) is 4.24. The standard InChI is InChI=1S/C28H26BrN3O5/c1-17-4-8-19(9-5-17)16-37-26-22(29)12-20(14-24(26)36-3)13-23-27(34)32(28(35)31-23)15-25(33)30-21-10-6-18(2)7-11-21/h4-14H,15-16H2,1-3H3,(H,30,33)(H,31,35). The molecule has 190 valence electrons. The maximum Gasteiger partial charge on any atom is 0.329 e. The van der Waals surface area contributed by atoms with Crippen LogP contribution in [0.1, 0.15) is 22.3 Å². The fraction of sp³-hybridized carbons (Fsp3) is 0.179. The summed E-state index contributed by atoms with van der Waals surface area (Å²) < 4.78 is 12.1. The molecule has 0 spiro atoms. The summed E-state index contributed by atoms with van der Waals surface area (Å²) >= 11 is 3.51. The summed E-state index contributed by atoms with van der Waals surface area (Å²) in [5.74, 6) is -0.104. The van der Waals surface area contributed by atoms with Crippen molar-refractivity contribution in [1.82, 2.24) is 10.2 Å². The number of carbonyl (C=O) groups excluding carboxylic acids is 3. The molecule has 8 nitrogen and oxygen atoms in total. The summed E-state index contributed by atoms with van der Waals surface area (Å²) in [6.07, 6.45) is 1.52. The largest absolute Gasteiger partial charge is 0.493 e. The van der Waals surface area contributed by atoms with Gasteiger partial charge in [0, 0.05) is 5.69 Å². The molecule has 4 amide bonds. The van der Waals surface area contributed by atoms with Crippen LogP contribution in [0.3, 0.4) is 0 Å². The summed E-state index contributed by atoms with van der Waals surface area (Å²) in [5, 5.41) is 5.22. The number of hydrogen-bond acceptors (Lipinski definition) is 5. The van der Waals surface area contributed by atoms with Gasteiger partial charge >= 0.3 is 6.03 Å². The van der Waals surface area contributed by atoms with E-state index in [1.807, 2.05) is 50.2 Å². The van der Waals surface area contributed by atoms with Gasteiger partial charge in [0.15, 0.2) is 11.5 Å². The van der Waals surface area contributed by atoms with E-state index < -0.39 is 24.4 Å². The lowest BCUT2D eigenvalue weighted by Crippen LogP contribution is -2.38. The maximum absolute atomic E-state index is 12.9. The number of urea groups is 1. The number of amides is 4. The lowest BCUT2D eigenvalue weighted by Gasteiger charge is -2.14. The number of aryl methyl sites for hydroxylation is 2. The SMILES string of the molecule is COc1cc(C=C2NC(=O)N(CC(=O)Nc3ccc(C)cc3)C2=O)cc(Br)c1OCc1ccc(C)cc1. The topological polar surface area (TPSA) is 97.0 Å². The van der Waals surface area contributed by atoms with Crippen molar-refractivity contribution >= 4 is 45.5 Å². The van der Waals surface area contributed by atoms with Crippen LogP contribution < -0.4 is 20.1 Å². The summed E-state index contributed by atoms with van der Waals surface area (Å²) in [6.45, 7) is 3.90. The Hall–Kier alpha value is -4.11. The highest BCUT2D eigenvalue weighted by Crippen LogP contribution is 2.38. The summed E-state index contributed by atoms with van der Waals surface area (Å²) in [6, 6.07) is 18.0. The van der Waals surface area contributed by atoms with Gasteiger partial charge in [-0.05, 0) is 71.2 Å². The van der Waals surface area contributed by atoms with Crippen molar-refractivity contribution in [2.75, 3.05) is 19.0 Å². The van der Waals surface area contributed by atoms with E-state index in [2.05, 4.69) is 26.6 Å². The number of imide groups is 1. The van der Waals surface area contributed by atoms with Crippen molar-refractivity contribution in [3.63, 3.8) is 0 Å². The van der Waals surface area contributed by atoms with Crippen LogP contribution in [-0.2, 0) is 16.2 Å². The zero-order chi connectivity index (χ0) is 26.5. The van der Waals surface area contributed by atoms with E-state index in [-0.39, 0.29) is 5.70 Å². The van der Waals surface area contributed by atoms with E-state index in [4.69, 9.17) is 9.47 Å². The van der Waals surface area contributed by atoms with E-state index in [0.29, 0.717) is 33.8 Å². The first-order valence-corrected chi connectivity index (χ1v) is 12.3. The Labute approximate surface area is 223 Å². The second kappa shape index (κ2) is 11.3. The highest BCUT2D eigenvalue weighted by atomic mass is 79.9. The van der Waals surface area contributed by atoms with Crippen molar-refractivity contribution in [3.8, 4) is 11.5 Å². The van der Waals surface area contributed by atoms with E-state index in [0.717, 1.165) is 16.0 Å². The second-order valence-electron chi connectivity index (χ2n) is 8.60. The zero-order valence-corrected chi connectivity index (χ0v) is 22.2. The van der Waals surface area contributed by atoms with Crippen LogP contribution in [0.4, 0.5) is 10.5 Å². The molecule has 3 aromatic rings. The van der Waals surface area contributed by atoms with Crippen LogP contribution in [0.15, 0.2) is 70.8 Å². The molecule has 1 aliphatic rings. The molecule has 4 rings (SSSR count). The van der Waals surface area contributed by atoms with Gasteiger partial charge in [0.1, 0.15) is 18.8 Å². The van der Waals surface area contributed by atoms with Crippen LogP contribution in [-0.4, -0.2) is 36.4 Å². The minimum atomic E-state index is -0.667. The lowest BCUT2D eigenvalue weighted by atomic mass is 10.1. The van der Waals surface area contributed by atoms with Crippen molar-refractivity contribution in [3.05, 3.63) is 93.1 Å². The normalized spacial score (nSPS) is 14.1. The Balaban J connectivity index is 1.46. The molecule has 9 heteroatoms. The van der Waals surface area contributed by atoms with E-state index in [9.17, 15) is 14.4 Å². The van der Waals surface area contributed by atoms with Crippen LogP contribution in [0, 0.1) is 13.8 Å². The van der Waals surface area contributed by atoms with Crippen molar-refractivity contribution in [2.24, 2.45) is 0 Å². The highest BCUT2D eigenvalue weighted by molar-refractivity contribution is 9.10. The summed E-state index contributed by atoms with van der Waals surface area (Å²) in [5.41, 5.74) is 4.46. The molecule has 2 N–H and O–H groups in total. The first-order valence-electron chi connectivity index (χ1n) is 11.5. The van der Waals surface area contributed by atoms with Gasteiger partial charge in [0.25, 0.3) is 5.91 Å². The monoisotopic (exact) mass is 563 g/mol. The summed E-state index contributed by atoms with van der Waals surface area (Å²) in [7, 11) is 1.52. The van der Waals surface area contributed by atoms with Crippen LogP contribution >= 0.6 is 15.9 Å². The van der Waals surface area contributed by atoms with Gasteiger partial charge < -0.3 is 20.1 Å². The van der Waals surface area contributed by atoms with Crippen molar-refractivity contribution in [2.45, 2.75) is 20.5 Å². The molecule has 0 radical (unpaired) electrons. The third-order valence-electron chi connectivity index (χ3n) is 5.67. The molecular weight excluding hydrogens is 538 g/mol. The van der Waals surface area contributed by atoms with E-state index in [1.54, 1.807) is 24.3 Å². The molecule has 0 aromatic heterocycles. The first-order chi connectivity index (χ1) is 17.7. The zero-order valence-electron chi connectivity index (χ0n) is 20.6. The van der Waals surface area contributed by atoms with Crippen LogP contribution in [0.5, 0.6) is 11.5 Å². The number of carbonyl (C=O) groups is 3. The van der Waals surface area contributed by atoms with Gasteiger partial charge in [0.05, 0.1) is 11.6 Å². The molecule has 0 unspecified atom stereocenters. The third-order valence-corrected chi connectivity index (χ3v) is 6.25. The van der Waals surface area contributed by atoms with E-state index in [1.165, 1.54) is 18.7 Å². The fourth-order valence-electron chi connectivity index (χ4n) is 3.67. The van der Waals surface area contributed by atoms with Gasteiger partial charge in [-0.25, -0.2) is 9.69 Å². The Morgan fingerprint density at radius 2 is 1.68 bits per heavy atom. The number of ether oxygens (including phenoxy) is 2. The Morgan fingerprint density at radius 1 is 1.03 bits per heavy atom. The molecule has 1 fully saturated rings. The number of hydrogen-bond donors (Lipinski definition) is 2. The lowest BCUT2D eigenvalue weighted by molar-refractivity contribution is -0.127. The van der Waals surface area contributed by atoms with Crippen molar-refractivity contribution in [1.29, 1.82) is 0 Å². The Kier molecular flexibility index (Phi) is 7.93. The quantitative estimate of drug-likeness (QED) is 0.290. The number of anilines is 1. The predicted molar refractivity (Wildman–Crippen MR) is 144 cm³/mol. The maximum atomic E-state index is 12.9.